The highest BCUT2D eigenvalue weighted by atomic mass is 32.2. The molecule has 21 heavy (non-hydrogen) atoms. The molecular formula is C14H13FN2O2S2. The van der Waals surface area contributed by atoms with Gasteiger partial charge in [-0.25, -0.2) is 12.8 Å². The Morgan fingerprint density at radius 1 is 1.10 bits per heavy atom. The lowest BCUT2D eigenvalue weighted by Crippen LogP contribution is -2.14. The number of halogens is 1. The number of nitrogens with two attached hydrogens (primary N) is 1. The van der Waals surface area contributed by atoms with Crippen molar-refractivity contribution in [3.8, 4) is 0 Å². The smallest absolute Gasteiger partial charge is 0.261 e. The van der Waals surface area contributed by atoms with E-state index in [-0.39, 0.29) is 4.90 Å². The van der Waals surface area contributed by atoms with Crippen molar-refractivity contribution in [3.63, 3.8) is 0 Å². The van der Waals surface area contributed by atoms with Crippen LogP contribution in [0.5, 0.6) is 0 Å². The van der Waals surface area contributed by atoms with Crippen molar-refractivity contribution < 1.29 is 12.8 Å². The summed E-state index contributed by atoms with van der Waals surface area (Å²) in [4.78, 5) is 0.452. The summed E-state index contributed by atoms with van der Waals surface area (Å²) in [7, 11) is -3.71. The van der Waals surface area contributed by atoms with Gasteiger partial charge in [0.05, 0.1) is 9.88 Å². The lowest BCUT2D eigenvalue weighted by Gasteiger charge is -2.08. The summed E-state index contributed by atoms with van der Waals surface area (Å²) in [6.45, 7) is 0. The fraction of sp³-hybridized carbons (Fsp3) is 0.0714. The maximum absolute atomic E-state index is 12.8. The van der Waals surface area contributed by atoms with Crippen LogP contribution in [0.4, 0.5) is 10.1 Å². The van der Waals surface area contributed by atoms with Crippen LogP contribution >= 0.6 is 12.2 Å². The first-order valence-corrected chi connectivity index (χ1v) is 7.91. The van der Waals surface area contributed by atoms with Gasteiger partial charge in [0.15, 0.2) is 0 Å². The number of anilines is 1. The molecule has 7 heteroatoms. The van der Waals surface area contributed by atoms with Crippen molar-refractivity contribution in [2.75, 3.05) is 4.72 Å². The SMILES string of the molecule is NC(=S)Cc1ccc(S(=O)(=O)Nc2ccc(F)cc2)cc1. The Morgan fingerprint density at radius 3 is 2.19 bits per heavy atom. The lowest BCUT2D eigenvalue weighted by molar-refractivity contribution is 0.601. The van der Waals surface area contributed by atoms with Crippen molar-refractivity contribution in [2.24, 2.45) is 5.73 Å². The van der Waals surface area contributed by atoms with E-state index in [4.69, 9.17) is 18.0 Å². The molecule has 0 saturated carbocycles. The number of nitrogens with one attached hydrogen (secondary N) is 1. The Kier molecular flexibility index (Phi) is 4.54. The molecule has 110 valence electrons. The maximum atomic E-state index is 12.8. The quantitative estimate of drug-likeness (QED) is 0.829. The molecule has 0 saturated heterocycles. The van der Waals surface area contributed by atoms with Crippen LogP contribution in [0.2, 0.25) is 0 Å². The molecule has 0 bridgehead atoms. The molecule has 0 atom stereocenters. The molecule has 3 N–H and O–H groups in total. The molecule has 4 nitrogen and oxygen atoms in total. The van der Waals surface area contributed by atoms with Gasteiger partial charge in [0.1, 0.15) is 5.82 Å². The molecule has 0 fully saturated rings. The third-order valence-electron chi connectivity index (χ3n) is 2.71. The second kappa shape index (κ2) is 6.19. The Morgan fingerprint density at radius 2 is 1.67 bits per heavy atom. The topological polar surface area (TPSA) is 72.2 Å². The summed E-state index contributed by atoms with van der Waals surface area (Å²) in [5.41, 5.74) is 6.56. The van der Waals surface area contributed by atoms with Crippen LogP contribution in [0.15, 0.2) is 53.4 Å². The highest BCUT2D eigenvalue weighted by Gasteiger charge is 2.14. The predicted octanol–water partition coefficient (Wildman–Crippen LogP) is 2.46. The van der Waals surface area contributed by atoms with Gasteiger partial charge in [-0.3, -0.25) is 4.72 Å². The van der Waals surface area contributed by atoms with Crippen molar-refractivity contribution in [2.45, 2.75) is 11.3 Å². The predicted molar refractivity (Wildman–Crippen MR) is 84.1 cm³/mol. The molecule has 0 aliphatic heterocycles. The largest absolute Gasteiger partial charge is 0.393 e. The molecule has 0 spiro atoms. The van der Waals surface area contributed by atoms with Crippen molar-refractivity contribution in [1.82, 2.24) is 0 Å². The van der Waals surface area contributed by atoms with E-state index in [0.717, 1.165) is 5.56 Å². The van der Waals surface area contributed by atoms with Gasteiger partial charge in [-0.05, 0) is 42.0 Å². The highest BCUT2D eigenvalue weighted by molar-refractivity contribution is 7.92. The zero-order chi connectivity index (χ0) is 15.5. The van der Waals surface area contributed by atoms with E-state index in [9.17, 15) is 12.8 Å². The minimum atomic E-state index is -3.71. The zero-order valence-electron chi connectivity index (χ0n) is 10.9. The van der Waals surface area contributed by atoms with E-state index >= 15 is 0 Å². The van der Waals surface area contributed by atoms with Gasteiger partial charge in [-0.1, -0.05) is 24.4 Å². The number of rotatable bonds is 5. The highest BCUT2D eigenvalue weighted by Crippen LogP contribution is 2.17. The Labute approximate surface area is 127 Å². The van der Waals surface area contributed by atoms with Gasteiger partial charge in [0.25, 0.3) is 10.0 Å². The van der Waals surface area contributed by atoms with Gasteiger partial charge in [0.2, 0.25) is 0 Å². The first-order chi connectivity index (χ1) is 9.87. The maximum Gasteiger partial charge on any atom is 0.261 e. The minimum absolute atomic E-state index is 0.110. The fourth-order valence-electron chi connectivity index (χ4n) is 1.72. The molecule has 0 heterocycles. The molecule has 2 aromatic carbocycles. The number of benzene rings is 2. The average molecular weight is 324 g/mol. The van der Waals surface area contributed by atoms with E-state index in [1.165, 1.54) is 36.4 Å². The summed E-state index contributed by atoms with van der Waals surface area (Å²) >= 11 is 4.80. The van der Waals surface area contributed by atoms with Gasteiger partial charge in [-0.15, -0.1) is 0 Å². The van der Waals surface area contributed by atoms with Crippen molar-refractivity contribution in [3.05, 3.63) is 59.9 Å². The van der Waals surface area contributed by atoms with Crippen molar-refractivity contribution >= 4 is 32.9 Å². The van der Waals surface area contributed by atoms with E-state index in [2.05, 4.69) is 4.72 Å². The van der Waals surface area contributed by atoms with Crippen LogP contribution in [0, 0.1) is 5.82 Å². The van der Waals surface area contributed by atoms with Gasteiger partial charge < -0.3 is 5.73 Å². The van der Waals surface area contributed by atoms with Crippen molar-refractivity contribution in [1.29, 1.82) is 0 Å². The van der Waals surface area contributed by atoms with Gasteiger partial charge in [-0.2, -0.15) is 0 Å². The molecule has 0 aliphatic carbocycles. The van der Waals surface area contributed by atoms with E-state index in [1.54, 1.807) is 12.1 Å². The average Bonchev–Trinajstić information content (AvgIpc) is 2.41. The van der Waals surface area contributed by atoms with Crippen LogP contribution in [0.3, 0.4) is 0 Å². The third-order valence-corrected chi connectivity index (χ3v) is 4.25. The molecule has 2 aromatic rings. The summed E-state index contributed by atoms with van der Waals surface area (Å²) in [6, 6.07) is 11.3. The monoisotopic (exact) mass is 324 g/mol. The van der Waals surface area contributed by atoms with Gasteiger partial charge in [0, 0.05) is 12.1 Å². The van der Waals surface area contributed by atoms with Crippen LogP contribution < -0.4 is 10.5 Å². The molecule has 0 aliphatic rings. The molecule has 2 rings (SSSR count). The van der Waals surface area contributed by atoms with E-state index < -0.39 is 15.8 Å². The van der Waals surface area contributed by atoms with Crippen LogP contribution in [0.25, 0.3) is 0 Å². The molecule has 0 radical (unpaired) electrons. The van der Waals surface area contributed by atoms with E-state index in [1.807, 2.05) is 0 Å². The summed E-state index contributed by atoms with van der Waals surface area (Å²) < 4.78 is 39.5. The summed E-state index contributed by atoms with van der Waals surface area (Å²) in [5.74, 6) is -0.431. The van der Waals surface area contributed by atoms with E-state index in [0.29, 0.717) is 17.1 Å². The van der Waals surface area contributed by atoms with Gasteiger partial charge >= 0.3 is 0 Å². The number of thiocarbonyl (C=S) groups is 1. The fourth-order valence-corrected chi connectivity index (χ4v) is 2.94. The lowest BCUT2D eigenvalue weighted by atomic mass is 10.1. The number of hydrogen-bond acceptors (Lipinski definition) is 3. The number of sulfonamides is 1. The van der Waals surface area contributed by atoms with Crippen LogP contribution in [0.1, 0.15) is 5.56 Å². The standard InChI is InChI=1S/C14H13FN2O2S2/c15-11-3-5-12(6-4-11)17-21(18,19)13-7-1-10(2-8-13)9-14(16)20/h1-8,17H,9H2,(H2,16,20). The summed E-state index contributed by atoms with van der Waals surface area (Å²) in [5, 5.41) is 0. The first kappa shape index (κ1) is 15.4. The number of hydrogen-bond donors (Lipinski definition) is 2. The molecule has 0 amide bonds. The second-order valence-electron chi connectivity index (χ2n) is 4.40. The van der Waals surface area contributed by atoms with Crippen LogP contribution in [-0.2, 0) is 16.4 Å². The zero-order valence-corrected chi connectivity index (χ0v) is 12.5. The Balaban J connectivity index is 2.19. The Hall–Kier alpha value is -1.99. The molecule has 0 unspecified atom stereocenters. The molecule has 0 aromatic heterocycles. The first-order valence-electron chi connectivity index (χ1n) is 6.02. The molecular weight excluding hydrogens is 311 g/mol. The summed E-state index contributed by atoms with van der Waals surface area (Å²) in [6.07, 6.45) is 0.418. The third kappa shape index (κ3) is 4.24. The minimum Gasteiger partial charge on any atom is -0.393 e. The normalized spacial score (nSPS) is 11.1. The second-order valence-corrected chi connectivity index (χ2v) is 6.61. The van der Waals surface area contributed by atoms with Crippen LogP contribution in [-0.4, -0.2) is 13.4 Å². The Bertz CT molecular complexity index is 742.